The Labute approximate surface area is 102 Å². The molecule has 1 rings (SSSR count). The molecule has 0 aromatic heterocycles. The zero-order valence-electron chi connectivity index (χ0n) is 11.0. The first kappa shape index (κ1) is 13.5. The van der Waals surface area contributed by atoms with Gasteiger partial charge in [0, 0.05) is 5.56 Å². The van der Waals surface area contributed by atoms with Crippen molar-refractivity contribution in [2.45, 2.75) is 13.0 Å². The molecule has 0 heterocycles. The molecule has 0 spiro atoms. The van der Waals surface area contributed by atoms with Crippen LogP contribution in [0, 0.1) is 6.92 Å². The van der Waals surface area contributed by atoms with Crippen LogP contribution in [0.3, 0.4) is 0 Å². The summed E-state index contributed by atoms with van der Waals surface area (Å²) in [4.78, 5) is 13.0. The first-order valence-electron chi connectivity index (χ1n) is 5.39. The lowest BCUT2D eigenvalue weighted by atomic mass is 10.0. The van der Waals surface area contributed by atoms with Crippen molar-refractivity contribution in [1.29, 1.82) is 0 Å². The molecule has 4 nitrogen and oxygen atoms in total. The van der Waals surface area contributed by atoms with Crippen LogP contribution in [0.15, 0.2) is 12.1 Å². The fourth-order valence-electron chi connectivity index (χ4n) is 1.78. The molecule has 0 fully saturated rings. The summed E-state index contributed by atoms with van der Waals surface area (Å²) in [6.07, 6.45) is 0.895. The summed E-state index contributed by atoms with van der Waals surface area (Å²) in [5, 5.41) is 0. The van der Waals surface area contributed by atoms with Crippen molar-refractivity contribution in [1.82, 2.24) is 4.90 Å². The number of likely N-dealkylation sites (N-methyl/N-ethyl adjacent to an activating group) is 1. The molecule has 0 bridgehead atoms. The molecular weight excluding hydrogens is 218 g/mol. The third kappa shape index (κ3) is 2.77. The van der Waals surface area contributed by atoms with Gasteiger partial charge in [0.2, 0.25) is 0 Å². The summed E-state index contributed by atoms with van der Waals surface area (Å²) in [6.45, 7) is 1.94. The highest BCUT2D eigenvalue weighted by molar-refractivity contribution is 5.65. The van der Waals surface area contributed by atoms with Crippen LogP contribution in [-0.2, 0) is 4.79 Å². The number of carbonyl (C=O) groups excluding carboxylic acids is 1. The summed E-state index contributed by atoms with van der Waals surface area (Å²) in [7, 11) is 6.92. The number of hydrogen-bond acceptors (Lipinski definition) is 4. The normalized spacial score (nSPS) is 12.4. The summed E-state index contributed by atoms with van der Waals surface area (Å²) in [5.74, 6) is 1.46. The Hall–Kier alpha value is -1.55. The molecule has 4 heteroatoms. The van der Waals surface area contributed by atoms with Crippen LogP contribution in [0.1, 0.15) is 17.2 Å². The molecule has 0 aliphatic rings. The average molecular weight is 237 g/mol. The van der Waals surface area contributed by atoms with E-state index in [9.17, 15) is 4.79 Å². The zero-order valence-corrected chi connectivity index (χ0v) is 11.0. The van der Waals surface area contributed by atoms with Crippen LogP contribution in [0.2, 0.25) is 0 Å². The Morgan fingerprint density at radius 2 is 1.76 bits per heavy atom. The molecule has 0 saturated carbocycles. The standard InChI is InChI=1S/C13H19NO3/c1-9-6-13(17-5)10(7-12(9)16-4)11(8-15)14(2)3/h6-8,11H,1-5H3. The number of hydrogen-bond donors (Lipinski definition) is 0. The third-order valence-corrected chi connectivity index (χ3v) is 2.75. The lowest BCUT2D eigenvalue weighted by Gasteiger charge is -2.22. The Morgan fingerprint density at radius 3 is 2.18 bits per heavy atom. The summed E-state index contributed by atoms with van der Waals surface area (Å²) in [5.41, 5.74) is 1.80. The van der Waals surface area contributed by atoms with Gasteiger partial charge in [-0.25, -0.2) is 0 Å². The number of methoxy groups -OCH3 is 2. The highest BCUT2D eigenvalue weighted by atomic mass is 16.5. The van der Waals surface area contributed by atoms with Crippen molar-refractivity contribution in [3.63, 3.8) is 0 Å². The first-order valence-corrected chi connectivity index (χ1v) is 5.39. The molecule has 1 aromatic rings. The predicted octanol–water partition coefficient (Wildman–Crippen LogP) is 1.81. The van der Waals surface area contributed by atoms with E-state index >= 15 is 0 Å². The van der Waals surface area contributed by atoms with Gasteiger partial charge in [0.25, 0.3) is 0 Å². The van der Waals surface area contributed by atoms with Gasteiger partial charge in [0.1, 0.15) is 17.8 Å². The minimum atomic E-state index is -0.334. The Kier molecular flexibility index (Phi) is 4.52. The van der Waals surface area contributed by atoms with Gasteiger partial charge in [0.15, 0.2) is 0 Å². The largest absolute Gasteiger partial charge is 0.496 e. The van der Waals surface area contributed by atoms with Gasteiger partial charge in [0.05, 0.1) is 20.3 Å². The second-order valence-electron chi connectivity index (χ2n) is 4.11. The van der Waals surface area contributed by atoms with Gasteiger partial charge in [-0.3, -0.25) is 4.90 Å². The molecule has 1 atom stereocenters. The van der Waals surface area contributed by atoms with E-state index in [1.165, 1.54) is 0 Å². The second-order valence-corrected chi connectivity index (χ2v) is 4.11. The van der Waals surface area contributed by atoms with Crippen LogP contribution in [0.4, 0.5) is 0 Å². The highest BCUT2D eigenvalue weighted by Gasteiger charge is 2.19. The predicted molar refractivity (Wildman–Crippen MR) is 66.8 cm³/mol. The first-order chi connectivity index (χ1) is 8.04. The van der Waals surface area contributed by atoms with E-state index in [2.05, 4.69) is 0 Å². The topological polar surface area (TPSA) is 38.8 Å². The number of aldehydes is 1. The summed E-state index contributed by atoms with van der Waals surface area (Å²) >= 11 is 0. The summed E-state index contributed by atoms with van der Waals surface area (Å²) < 4.78 is 10.6. The van der Waals surface area contributed by atoms with Gasteiger partial charge in [-0.05, 0) is 38.7 Å². The van der Waals surface area contributed by atoms with Crippen LogP contribution < -0.4 is 9.47 Å². The average Bonchev–Trinajstić information content (AvgIpc) is 2.30. The second kappa shape index (κ2) is 5.68. The number of carbonyl (C=O) groups is 1. The van der Waals surface area contributed by atoms with E-state index in [0.29, 0.717) is 5.75 Å². The lowest BCUT2D eigenvalue weighted by molar-refractivity contribution is -0.111. The van der Waals surface area contributed by atoms with Crippen molar-refractivity contribution in [3.8, 4) is 11.5 Å². The number of rotatable bonds is 5. The van der Waals surface area contributed by atoms with Gasteiger partial charge in [-0.1, -0.05) is 0 Å². The molecule has 17 heavy (non-hydrogen) atoms. The minimum Gasteiger partial charge on any atom is -0.496 e. The quantitative estimate of drug-likeness (QED) is 0.732. The van der Waals surface area contributed by atoms with Crippen LogP contribution in [0.5, 0.6) is 11.5 Å². The molecule has 0 saturated heterocycles. The summed E-state index contributed by atoms with van der Waals surface area (Å²) in [6, 6.07) is 3.40. The maximum absolute atomic E-state index is 11.2. The maximum Gasteiger partial charge on any atom is 0.141 e. The number of ether oxygens (including phenoxy) is 2. The maximum atomic E-state index is 11.2. The lowest BCUT2D eigenvalue weighted by Crippen LogP contribution is -2.21. The molecule has 1 unspecified atom stereocenters. The number of benzene rings is 1. The fourth-order valence-corrected chi connectivity index (χ4v) is 1.78. The zero-order chi connectivity index (χ0) is 13.0. The molecule has 0 radical (unpaired) electrons. The van der Waals surface area contributed by atoms with E-state index in [4.69, 9.17) is 9.47 Å². The van der Waals surface area contributed by atoms with Crippen LogP contribution in [-0.4, -0.2) is 39.5 Å². The molecular formula is C13H19NO3. The van der Waals surface area contributed by atoms with Crippen LogP contribution in [0.25, 0.3) is 0 Å². The SMILES string of the molecule is COc1cc(C(C=O)N(C)C)c(OC)cc1C. The van der Waals surface area contributed by atoms with Crippen molar-refractivity contribution in [2.75, 3.05) is 28.3 Å². The van der Waals surface area contributed by atoms with Crippen molar-refractivity contribution >= 4 is 6.29 Å². The molecule has 0 aliphatic carbocycles. The molecule has 94 valence electrons. The van der Waals surface area contributed by atoms with Crippen molar-refractivity contribution < 1.29 is 14.3 Å². The number of nitrogens with zero attached hydrogens (tertiary/aromatic N) is 1. The van der Waals surface area contributed by atoms with E-state index in [0.717, 1.165) is 23.2 Å². The number of aryl methyl sites for hydroxylation is 1. The Bertz CT molecular complexity index is 402. The Balaban J connectivity index is 3.33. The molecule has 0 amide bonds. The molecule has 0 N–H and O–H groups in total. The monoisotopic (exact) mass is 237 g/mol. The minimum absolute atomic E-state index is 0.334. The van der Waals surface area contributed by atoms with E-state index in [1.54, 1.807) is 14.2 Å². The van der Waals surface area contributed by atoms with Gasteiger partial charge < -0.3 is 14.3 Å². The van der Waals surface area contributed by atoms with E-state index in [-0.39, 0.29) is 6.04 Å². The molecule has 0 aliphatic heterocycles. The molecule has 1 aromatic carbocycles. The van der Waals surface area contributed by atoms with E-state index < -0.39 is 0 Å². The highest BCUT2D eigenvalue weighted by Crippen LogP contribution is 2.33. The fraction of sp³-hybridized carbons (Fsp3) is 0.462. The van der Waals surface area contributed by atoms with E-state index in [1.807, 2.05) is 38.1 Å². The smallest absolute Gasteiger partial charge is 0.141 e. The third-order valence-electron chi connectivity index (χ3n) is 2.75. The Morgan fingerprint density at radius 1 is 1.18 bits per heavy atom. The van der Waals surface area contributed by atoms with Gasteiger partial charge in [-0.15, -0.1) is 0 Å². The van der Waals surface area contributed by atoms with Crippen molar-refractivity contribution in [2.24, 2.45) is 0 Å². The van der Waals surface area contributed by atoms with Crippen molar-refractivity contribution in [3.05, 3.63) is 23.3 Å². The van der Waals surface area contributed by atoms with Crippen LogP contribution >= 0.6 is 0 Å². The van der Waals surface area contributed by atoms with Gasteiger partial charge in [-0.2, -0.15) is 0 Å². The van der Waals surface area contributed by atoms with Gasteiger partial charge >= 0.3 is 0 Å².